The van der Waals surface area contributed by atoms with Gasteiger partial charge in [-0.2, -0.15) is 0 Å². The van der Waals surface area contributed by atoms with Crippen LogP contribution in [0.2, 0.25) is 0 Å². The Morgan fingerprint density at radius 3 is 1.79 bits per heavy atom. The Kier molecular flexibility index (Phi) is 10.6. The van der Waals surface area contributed by atoms with Crippen molar-refractivity contribution in [1.29, 1.82) is 0 Å². The second kappa shape index (κ2) is 15.9. The monoisotopic (exact) mass is 776 g/mol. The number of aromatic hydroxyl groups is 2. The number of rotatable bonds is 15. The summed E-state index contributed by atoms with van der Waals surface area (Å²) in [5, 5.41) is 31.3. The van der Waals surface area contributed by atoms with Crippen molar-refractivity contribution in [3.63, 3.8) is 0 Å². The molecule has 0 amide bonds. The van der Waals surface area contributed by atoms with Gasteiger partial charge in [0.2, 0.25) is 0 Å². The van der Waals surface area contributed by atoms with Gasteiger partial charge >= 0.3 is 0 Å². The van der Waals surface area contributed by atoms with E-state index in [0.29, 0.717) is 62.2 Å². The van der Waals surface area contributed by atoms with Crippen LogP contribution in [-0.2, 0) is 12.8 Å². The molecule has 1 aliphatic rings. The summed E-state index contributed by atoms with van der Waals surface area (Å²) in [5.74, 6) is -0.267. The summed E-state index contributed by atoms with van der Waals surface area (Å²) in [4.78, 5) is 33.4. The molecule has 3 N–H and O–H groups in total. The van der Waals surface area contributed by atoms with Crippen LogP contribution in [0.25, 0.3) is 49.2 Å². The van der Waals surface area contributed by atoms with Crippen molar-refractivity contribution in [2.45, 2.75) is 58.3 Å². The van der Waals surface area contributed by atoms with Crippen LogP contribution in [0.5, 0.6) is 28.7 Å². The lowest BCUT2D eigenvalue weighted by Crippen LogP contribution is -2.15. The van der Waals surface area contributed by atoms with Crippen molar-refractivity contribution < 1.29 is 24.4 Å². The van der Waals surface area contributed by atoms with Gasteiger partial charge in [0.15, 0.2) is 28.1 Å². The summed E-state index contributed by atoms with van der Waals surface area (Å²) in [7, 11) is 4.46. The topological polar surface area (TPSA) is 127 Å². The van der Waals surface area contributed by atoms with E-state index >= 15 is 0 Å². The standard InChI is InChI=1S/C49H48N2O7/c1-27-24-31-37-42-38(47(54)46(31)51-23-15-13-21-30-18-10-7-11-19-30)32(52)25-34(56-3)40(42)41-35(57-4)26-33(53)39-44(41)43(37)45(49(58-5)48(39)55)36(27)28(2)50-22-14-12-20-29-16-8-6-9-17-29/h6-11,16-19,24-26,36,51,54-55H,12-15,20-23H2,1-5H3. The molecule has 0 radical (unpaired) electrons. The molecule has 58 heavy (non-hydrogen) atoms. The Labute approximate surface area is 336 Å². The largest absolute Gasteiger partial charge is 0.505 e. The van der Waals surface area contributed by atoms with Crippen LogP contribution < -0.4 is 30.4 Å². The Balaban J connectivity index is 1.39. The van der Waals surface area contributed by atoms with Gasteiger partial charge < -0.3 is 29.7 Å². The van der Waals surface area contributed by atoms with Gasteiger partial charge in [-0.15, -0.1) is 0 Å². The maximum Gasteiger partial charge on any atom is 0.194 e. The number of hydrogen-bond acceptors (Lipinski definition) is 9. The highest BCUT2D eigenvalue weighted by molar-refractivity contribution is 6.40. The van der Waals surface area contributed by atoms with Crippen LogP contribution in [0, 0.1) is 0 Å². The molecule has 0 aromatic heterocycles. The third kappa shape index (κ3) is 6.39. The quantitative estimate of drug-likeness (QED) is 0.0309. The summed E-state index contributed by atoms with van der Waals surface area (Å²) >= 11 is 0. The second-order valence-electron chi connectivity index (χ2n) is 15.2. The van der Waals surface area contributed by atoms with Crippen LogP contribution in [0.3, 0.4) is 0 Å². The average molecular weight is 777 g/mol. The Hall–Kier alpha value is -6.35. The first-order valence-corrected chi connectivity index (χ1v) is 20.0. The Morgan fingerprint density at radius 2 is 1.22 bits per heavy atom. The van der Waals surface area contributed by atoms with Gasteiger partial charge in [0.05, 0.1) is 37.8 Å². The average Bonchev–Trinajstić information content (AvgIpc) is 3.36. The summed E-state index contributed by atoms with van der Waals surface area (Å²) in [6.07, 6.45) is 7.48. The minimum absolute atomic E-state index is 0.0710. The maximum atomic E-state index is 14.2. The van der Waals surface area contributed by atoms with Crippen molar-refractivity contribution in [1.82, 2.24) is 0 Å². The number of allylic oxidation sites excluding steroid dienone is 1. The lowest BCUT2D eigenvalue weighted by atomic mass is 9.80. The van der Waals surface area contributed by atoms with E-state index in [-0.39, 0.29) is 39.5 Å². The molecule has 0 saturated heterocycles. The smallest absolute Gasteiger partial charge is 0.194 e. The summed E-state index contributed by atoms with van der Waals surface area (Å²) < 4.78 is 17.9. The highest BCUT2D eigenvalue weighted by Crippen LogP contribution is 2.58. The first kappa shape index (κ1) is 38.5. The number of nitrogens with one attached hydrogen (secondary N) is 1. The van der Waals surface area contributed by atoms with Crippen LogP contribution in [0.4, 0.5) is 5.69 Å². The number of unbranched alkanes of at least 4 members (excludes halogenated alkanes) is 2. The normalized spacial score (nSPS) is 14.1. The molecule has 7 aromatic rings. The molecule has 9 nitrogen and oxygen atoms in total. The molecule has 0 saturated carbocycles. The lowest BCUT2D eigenvalue weighted by molar-refractivity contribution is 0.373. The van der Waals surface area contributed by atoms with Crippen LogP contribution in [0.15, 0.2) is 93.0 Å². The minimum atomic E-state index is -0.495. The summed E-state index contributed by atoms with van der Waals surface area (Å²) in [6, 6.07) is 23.4. The van der Waals surface area contributed by atoms with Gasteiger partial charge in [0.1, 0.15) is 11.5 Å². The minimum Gasteiger partial charge on any atom is -0.505 e. The number of benzene rings is 7. The Morgan fingerprint density at radius 1 is 0.672 bits per heavy atom. The maximum absolute atomic E-state index is 14.2. The van der Waals surface area contributed by atoms with E-state index in [1.54, 1.807) is 0 Å². The number of anilines is 1. The predicted octanol–water partition coefficient (Wildman–Crippen LogP) is 9.75. The van der Waals surface area contributed by atoms with E-state index in [4.69, 9.17) is 19.2 Å². The van der Waals surface area contributed by atoms with E-state index in [1.807, 2.05) is 44.2 Å². The van der Waals surface area contributed by atoms with E-state index in [0.717, 1.165) is 49.8 Å². The first-order valence-electron chi connectivity index (χ1n) is 20.0. The highest BCUT2D eigenvalue weighted by Gasteiger charge is 2.37. The lowest BCUT2D eigenvalue weighted by Gasteiger charge is -2.26. The molecule has 1 atom stereocenters. The fourth-order valence-electron chi connectivity index (χ4n) is 9.21. The third-order valence-corrected chi connectivity index (χ3v) is 11.8. The number of hydrogen-bond donors (Lipinski definition) is 3. The molecule has 8 rings (SSSR count). The molecule has 1 unspecified atom stereocenters. The number of fused-ring (bicyclic) bond motifs is 1. The SMILES string of the molecule is COc1c(O)c2c(=O)cc(OC)c3c4c(OC)cc(=O)c5c(O)c(NCCCCc6ccccc6)c6c(c(c1C(C(C)=NCCCCc1ccccc1)C(C)=C6)c23)c54. The van der Waals surface area contributed by atoms with Crippen LogP contribution >= 0.6 is 0 Å². The number of phenolic OH excluding ortho intramolecular Hbond substituents is 2. The van der Waals surface area contributed by atoms with E-state index in [9.17, 15) is 19.8 Å². The molecule has 0 spiro atoms. The molecule has 0 heterocycles. The number of aryl methyl sites for hydroxylation is 2. The molecule has 0 bridgehead atoms. The molecule has 7 aromatic carbocycles. The molecule has 0 aliphatic heterocycles. The van der Waals surface area contributed by atoms with Gasteiger partial charge in [0, 0.05) is 74.9 Å². The molecular formula is C49H48N2O7. The molecule has 0 fully saturated rings. The second-order valence-corrected chi connectivity index (χ2v) is 15.2. The zero-order valence-electron chi connectivity index (χ0n) is 33.6. The molecule has 1 aliphatic carbocycles. The Bertz CT molecular complexity index is 2850. The predicted molar refractivity (Wildman–Crippen MR) is 236 cm³/mol. The fourth-order valence-corrected chi connectivity index (χ4v) is 9.21. The highest BCUT2D eigenvalue weighted by atomic mass is 16.5. The zero-order chi connectivity index (χ0) is 40.7. The van der Waals surface area contributed by atoms with E-state index in [2.05, 4.69) is 41.7 Å². The van der Waals surface area contributed by atoms with Crippen molar-refractivity contribution in [2.24, 2.45) is 4.99 Å². The van der Waals surface area contributed by atoms with Crippen LogP contribution in [-0.4, -0.2) is 50.3 Å². The number of nitrogens with zero attached hydrogens (tertiary/aromatic N) is 1. The zero-order valence-corrected chi connectivity index (χ0v) is 33.6. The summed E-state index contributed by atoms with van der Waals surface area (Å²) in [5.41, 5.74) is 5.08. The van der Waals surface area contributed by atoms with Gasteiger partial charge in [-0.25, -0.2) is 0 Å². The van der Waals surface area contributed by atoms with Gasteiger partial charge in [0.25, 0.3) is 0 Å². The van der Waals surface area contributed by atoms with Crippen molar-refractivity contribution >= 4 is 60.6 Å². The van der Waals surface area contributed by atoms with Gasteiger partial charge in [-0.05, 0) is 68.9 Å². The van der Waals surface area contributed by atoms with Crippen LogP contribution in [0.1, 0.15) is 67.7 Å². The number of methoxy groups -OCH3 is 3. The number of phenols is 2. The van der Waals surface area contributed by atoms with Crippen molar-refractivity contribution in [3.8, 4) is 28.7 Å². The molecule has 9 heteroatoms. The van der Waals surface area contributed by atoms with Crippen molar-refractivity contribution in [2.75, 3.05) is 39.7 Å². The number of aliphatic imine (C=N–C) groups is 1. The van der Waals surface area contributed by atoms with Crippen molar-refractivity contribution in [3.05, 3.63) is 121 Å². The molecular weight excluding hydrogens is 729 g/mol. The number of ether oxygens (including phenoxy) is 3. The first-order chi connectivity index (χ1) is 28.2. The fraction of sp³-hybridized carbons (Fsp3) is 0.286. The van der Waals surface area contributed by atoms with Gasteiger partial charge in [-0.1, -0.05) is 72.3 Å². The summed E-state index contributed by atoms with van der Waals surface area (Å²) in [6.45, 7) is 5.13. The van der Waals surface area contributed by atoms with E-state index < -0.39 is 16.8 Å². The molecule has 296 valence electrons. The third-order valence-electron chi connectivity index (χ3n) is 11.8. The van der Waals surface area contributed by atoms with Gasteiger partial charge in [-0.3, -0.25) is 14.6 Å². The van der Waals surface area contributed by atoms with E-state index in [1.165, 1.54) is 44.6 Å².